The number of benzene rings is 1. The fourth-order valence-corrected chi connectivity index (χ4v) is 2.89. The second-order valence-corrected chi connectivity index (χ2v) is 5.83. The van der Waals surface area contributed by atoms with Gasteiger partial charge in [-0.25, -0.2) is 0 Å². The molecule has 4 nitrogen and oxygen atoms in total. The SMILES string of the molecule is COc1cc(Br)cc(NC(=O)c2sccc2C#CCN)c1. The van der Waals surface area contributed by atoms with Crippen molar-refractivity contribution >= 4 is 38.9 Å². The molecule has 2 aromatic rings. The molecule has 0 saturated carbocycles. The molecule has 0 unspecified atom stereocenters. The molecule has 3 N–H and O–H groups in total. The first-order valence-electron chi connectivity index (χ1n) is 6.06. The molecule has 1 aromatic carbocycles. The number of hydrogen-bond donors (Lipinski definition) is 2. The number of carbonyl (C=O) groups excluding carboxylic acids is 1. The smallest absolute Gasteiger partial charge is 0.267 e. The van der Waals surface area contributed by atoms with Gasteiger partial charge in [0.1, 0.15) is 10.6 Å². The summed E-state index contributed by atoms with van der Waals surface area (Å²) in [6.45, 7) is 0.264. The zero-order chi connectivity index (χ0) is 15.2. The summed E-state index contributed by atoms with van der Waals surface area (Å²) >= 11 is 4.72. The van der Waals surface area contributed by atoms with E-state index >= 15 is 0 Å². The lowest BCUT2D eigenvalue weighted by Crippen LogP contribution is -2.11. The van der Waals surface area contributed by atoms with E-state index in [0.717, 1.165) is 4.47 Å². The summed E-state index contributed by atoms with van der Waals surface area (Å²) in [7, 11) is 1.58. The van der Waals surface area contributed by atoms with Crippen molar-refractivity contribution in [2.45, 2.75) is 0 Å². The maximum atomic E-state index is 12.3. The van der Waals surface area contributed by atoms with Crippen LogP contribution in [0.4, 0.5) is 5.69 Å². The monoisotopic (exact) mass is 364 g/mol. The van der Waals surface area contributed by atoms with E-state index in [2.05, 4.69) is 33.1 Å². The van der Waals surface area contributed by atoms with E-state index in [-0.39, 0.29) is 12.5 Å². The number of carbonyl (C=O) groups is 1. The highest BCUT2D eigenvalue weighted by Gasteiger charge is 2.13. The molecule has 0 bridgehead atoms. The summed E-state index contributed by atoms with van der Waals surface area (Å²) in [5.41, 5.74) is 6.69. The third-order valence-corrected chi connectivity index (χ3v) is 3.93. The molecule has 0 aliphatic heterocycles. The van der Waals surface area contributed by atoms with Gasteiger partial charge in [-0.05, 0) is 23.6 Å². The number of nitrogens with one attached hydrogen (secondary N) is 1. The Hall–Kier alpha value is -1.81. The van der Waals surface area contributed by atoms with Gasteiger partial charge in [-0.1, -0.05) is 27.8 Å². The van der Waals surface area contributed by atoms with Gasteiger partial charge in [0, 0.05) is 21.8 Å². The Labute approximate surface area is 135 Å². The van der Waals surface area contributed by atoms with Gasteiger partial charge in [-0.2, -0.15) is 0 Å². The van der Waals surface area contributed by atoms with Crippen molar-refractivity contribution in [3.63, 3.8) is 0 Å². The van der Waals surface area contributed by atoms with Crippen molar-refractivity contribution in [2.75, 3.05) is 19.0 Å². The summed E-state index contributed by atoms with van der Waals surface area (Å²) in [5, 5.41) is 4.67. The lowest BCUT2D eigenvalue weighted by Gasteiger charge is -2.07. The molecular weight excluding hydrogens is 352 g/mol. The van der Waals surface area contributed by atoms with Crippen LogP contribution in [0.3, 0.4) is 0 Å². The molecule has 2 rings (SSSR count). The summed E-state index contributed by atoms with van der Waals surface area (Å²) in [6, 6.07) is 7.18. The minimum absolute atomic E-state index is 0.202. The molecule has 1 heterocycles. The number of amides is 1. The average molecular weight is 365 g/mol. The van der Waals surface area contributed by atoms with E-state index < -0.39 is 0 Å². The number of methoxy groups -OCH3 is 1. The Morgan fingerprint density at radius 2 is 2.29 bits per heavy atom. The van der Waals surface area contributed by atoms with Gasteiger partial charge >= 0.3 is 0 Å². The minimum Gasteiger partial charge on any atom is -0.497 e. The van der Waals surface area contributed by atoms with E-state index in [4.69, 9.17) is 10.5 Å². The highest BCUT2D eigenvalue weighted by Crippen LogP contribution is 2.25. The summed E-state index contributed by atoms with van der Waals surface area (Å²) in [4.78, 5) is 12.9. The van der Waals surface area contributed by atoms with Crippen LogP contribution in [0.1, 0.15) is 15.2 Å². The number of thiophene rings is 1. The molecule has 0 aliphatic rings. The minimum atomic E-state index is -0.202. The van der Waals surface area contributed by atoms with Crippen LogP contribution in [-0.2, 0) is 0 Å². The predicted molar refractivity (Wildman–Crippen MR) is 88.9 cm³/mol. The van der Waals surface area contributed by atoms with Crippen LogP contribution in [0, 0.1) is 11.8 Å². The van der Waals surface area contributed by atoms with E-state index in [9.17, 15) is 4.79 Å². The maximum Gasteiger partial charge on any atom is 0.267 e. The first kappa shape index (κ1) is 15.6. The highest BCUT2D eigenvalue weighted by molar-refractivity contribution is 9.10. The molecule has 108 valence electrons. The van der Waals surface area contributed by atoms with Crippen molar-refractivity contribution in [2.24, 2.45) is 5.73 Å². The van der Waals surface area contributed by atoms with Crippen LogP contribution in [0.5, 0.6) is 5.75 Å². The second-order valence-electron chi connectivity index (χ2n) is 4.00. The number of hydrogen-bond acceptors (Lipinski definition) is 4. The molecule has 0 aliphatic carbocycles. The standard InChI is InChI=1S/C15H13BrN2O2S/c1-20-13-8-11(16)7-12(9-13)18-15(19)14-10(3-2-5-17)4-6-21-14/h4,6-9H,5,17H2,1H3,(H,18,19). The summed E-state index contributed by atoms with van der Waals surface area (Å²) < 4.78 is 6.00. The number of nitrogens with two attached hydrogens (primary N) is 1. The molecule has 0 atom stereocenters. The first-order valence-corrected chi connectivity index (χ1v) is 7.73. The van der Waals surface area contributed by atoms with Crippen LogP contribution >= 0.6 is 27.3 Å². The molecule has 6 heteroatoms. The molecule has 0 spiro atoms. The van der Waals surface area contributed by atoms with Gasteiger partial charge in [0.2, 0.25) is 0 Å². The molecule has 1 aromatic heterocycles. The van der Waals surface area contributed by atoms with Crippen molar-refractivity contribution in [1.82, 2.24) is 0 Å². The zero-order valence-electron chi connectivity index (χ0n) is 11.3. The summed E-state index contributed by atoms with van der Waals surface area (Å²) in [5.74, 6) is 6.11. The topological polar surface area (TPSA) is 64.3 Å². The molecule has 1 amide bonds. The Bertz CT molecular complexity index is 716. The molecule has 21 heavy (non-hydrogen) atoms. The predicted octanol–water partition coefficient (Wildman–Crippen LogP) is 3.08. The van der Waals surface area contributed by atoms with Gasteiger partial charge in [0.25, 0.3) is 5.91 Å². The third-order valence-electron chi connectivity index (χ3n) is 2.56. The van der Waals surface area contributed by atoms with Crippen molar-refractivity contribution in [3.8, 4) is 17.6 Å². The van der Waals surface area contributed by atoms with Gasteiger partial charge in [0.05, 0.1) is 13.7 Å². The van der Waals surface area contributed by atoms with Crippen LogP contribution < -0.4 is 15.8 Å². The average Bonchev–Trinajstić information content (AvgIpc) is 2.92. The lowest BCUT2D eigenvalue weighted by molar-refractivity contribution is 0.103. The van der Waals surface area contributed by atoms with E-state index in [1.165, 1.54) is 11.3 Å². The number of anilines is 1. The van der Waals surface area contributed by atoms with Gasteiger partial charge in [-0.15, -0.1) is 11.3 Å². The van der Waals surface area contributed by atoms with Gasteiger partial charge in [0.15, 0.2) is 0 Å². The van der Waals surface area contributed by atoms with Crippen molar-refractivity contribution in [3.05, 3.63) is 44.6 Å². The Morgan fingerprint density at radius 3 is 3.00 bits per heavy atom. The third kappa shape index (κ3) is 4.08. The normalized spacial score (nSPS) is 9.67. The van der Waals surface area contributed by atoms with E-state index in [1.54, 1.807) is 19.2 Å². The van der Waals surface area contributed by atoms with E-state index in [1.807, 2.05) is 17.5 Å². The van der Waals surface area contributed by atoms with Gasteiger partial charge in [-0.3, -0.25) is 4.79 Å². The lowest BCUT2D eigenvalue weighted by atomic mass is 10.2. The zero-order valence-corrected chi connectivity index (χ0v) is 13.7. The van der Waals surface area contributed by atoms with Crippen LogP contribution in [0.15, 0.2) is 34.1 Å². The summed E-state index contributed by atoms with van der Waals surface area (Å²) in [6.07, 6.45) is 0. The van der Waals surface area contributed by atoms with Crippen LogP contribution in [0.2, 0.25) is 0 Å². The number of halogens is 1. The Morgan fingerprint density at radius 1 is 1.48 bits per heavy atom. The second kappa shape index (κ2) is 7.27. The molecular formula is C15H13BrN2O2S. The van der Waals surface area contributed by atoms with Gasteiger partial charge < -0.3 is 15.8 Å². The first-order chi connectivity index (χ1) is 10.1. The fraction of sp³-hybridized carbons (Fsp3) is 0.133. The van der Waals surface area contributed by atoms with E-state index in [0.29, 0.717) is 21.9 Å². The Balaban J connectivity index is 2.22. The van der Waals surface area contributed by atoms with Crippen molar-refractivity contribution < 1.29 is 9.53 Å². The number of ether oxygens (including phenoxy) is 1. The highest BCUT2D eigenvalue weighted by atomic mass is 79.9. The van der Waals surface area contributed by atoms with Crippen LogP contribution in [0.25, 0.3) is 0 Å². The molecule has 0 radical (unpaired) electrons. The fourth-order valence-electron chi connectivity index (χ4n) is 1.67. The Kier molecular flexibility index (Phi) is 5.39. The quantitative estimate of drug-likeness (QED) is 0.822. The molecule has 0 saturated heterocycles. The van der Waals surface area contributed by atoms with Crippen LogP contribution in [-0.4, -0.2) is 19.6 Å². The number of rotatable bonds is 3. The largest absolute Gasteiger partial charge is 0.497 e. The van der Waals surface area contributed by atoms with Crippen molar-refractivity contribution in [1.29, 1.82) is 0 Å². The maximum absolute atomic E-state index is 12.3. The molecule has 0 fully saturated rings.